The van der Waals surface area contributed by atoms with Crippen LogP contribution in [0.15, 0.2) is 24.3 Å². The monoisotopic (exact) mass is 504 g/mol. The van der Waals surface area contributed by atoms with E-state index in [0.29, 0.717) is 18.4 Å². The summed E-state index contributed by atoms with van der Waals surface area (Å²) in [5, 5.41) is 4.95. The van der Waals surface area contributed by atoms with Gasteiger partial charge in [0.1, 0.15) is 24.2 Å². The summed E-state index contributed by atoms with van der Waals surface area (Å²) < 4.78 is 9.85. The zero-order chi connectivity index (χ0) is 27.0. The number of methoxy groups -OCH3 is 1. The van der Waals surface area contributed by atoms with Crippen molar-refractivity contribution in [1.82, 2.24) is 15.5 Å². The second-order valence-electron chi connectivity index (χ2n) is 9.64. The van der Waals surface area contributed by atoms with E-state index >= 15 is 0 Å². The molecular weight excluding hydrogens is 468 g/mol. The van der Waals surface area contributed by atoms with Crippen LogP contribution in [0.25, 0.3) is 0 Å². The highest BCUT2D eigenvalue weighted by Gasteiger charge is 2.44. The van der Waals surface area contributed by atoms with Crippen LogP contribution in [0.2, 0.25) is 0 Å². The number of alkyl carbamates (subject to hydrolysis) is 1. The molecule has 2 rings (SSSR count). The van der Waals surface area contributed by atoms with Crippen LogP contribution in [0.1, 0.15) is 64.1 Å². The van der Waals surface area contributed by atoms with Crippen LogP contribution >= 0.6 is 0 Å². The average molecular weight is 505 g/mol. The van der Waals surface area contributed by atoms with Crippen molar-refractivity contribution in [3.05, 3.63) is 35.4 Å². The largest absolute Gasteiger partial charge is 0.468 e. The van der Waals surface area contributed by atoms with E-state index in [1.54, 1.807) is 32.9 Å². The van der Waals surface area contributed by atoms with Crippen molar-refractivity contribution in [2.45, 2.75) is 77.1 Å². The lowest BCUT2D eigenvalue weighted by Crippen LogP contribution is -2.55. The Labute approximate surface area is 211 Å². The Bertz CT molecular complexity index is 968. The molecule has 2 unspecified atom stereocenters. The average Bonchev–Trinajstić information content (AvgIpc) is 3.63. The highest BCUT2D eigenvalue weighted by molar-refractivity contribution is 5.95. The van der Waals surface area contributed by atoms with Crippen molar-refractivity contribution in [3.63, 3.8) is 0 Å². The van der Waals surface area contributed by atoms with Gasteiger partial charge in [-0.1, -0.05) is 31.2 Å². The minimum atomic E-state index is -1.34. The maximum Gasteiger partial charge on any atom is 0.408 e. The number of aryl methyl sites for hydroxylation is 1. The molecule has 1 aliphatic carbocycles. The first kappa shape index (κ1) is 28.6. The number of carbonyl (C=O) groups excluding carboxylic acids is 5. The smallest absolute Gasteiger partial charge is 0.408 e. The first-order valence-corrected chi connectivity index (χ1v) is 11.9. The molecule has 1 aromatic carbocycles. The molecule has 11 heteroatoms. The van der Waals surface area contributed by atoms with Gasteiger partial charge in [0.2, 0.25) is 17.7 Å². The lowest BCUT2D eigenvalue weighted by atomic mass is 10.00. The van der Waals surface area contributed by atoms with Gasteiger partial charge >= 0.3 is 12.1 Å². The lowest BCUT2D eigenvalue weighted by Gasteiger charge is -2.34. The van der Waals surface area contributed by atoms with Crippen LogP contribution in [0.5, 0.6) is 0 Å². The maximum atomic E-state index is 13.8. The van der Waals surface area contributed by atoms with Gasteiger partial charge in [-0.3, -0.25) is 19.2 Å². The van der Waals surface area contributed by atoms with Crippen molar-refractivity contribution in [2.75, 3.05) is 13.7 Å². The first-order chi connectivity index (χ1) is 16.9. The van der Waals surface area contributed by atoms with Crippen LogP contribution in [0.4, 0.5) is 4.79 Å². The third-order valence-corrected chi connectivity index (χ3v) is 5.45. The zero-order valence-corrected chi connectivity index (χ0v) is 21.5. The van der Waals surface area contributed by atoms with E-state index in [0.717, 1.165) is 12.0 Å². The molecule has 1 aliphatic rings. The molecule has 11 nitrogen and oxygen atoms in total. The van der Waals surface area contributed by atoms with Gasteiger partial charge in [0.15, 0.2) is 0 Å². The molecule has 1 saturated carbocycles. The summed E-state index contributed by atoms with van der Waals surface area (Å²) in [7, 11) is 1.20. The minimum Gasteiger partial charge on any atom is -0.468 e. The molecule has 36 heavy (non-hydrogen) atoms. The fourth-order valence-electron chi connectivity index (χ4n) is 3.60. The summed E-state index contributed by atoms with van der Waals surface area (Å²) in [5.41, 5.74) is 6.09. The number of nitrogens with one attached hydrogen (secondary N) is 2. The van der Waals surface area contributed by atoms with Crippen LogP contribution < -0.4 is 16.4 Å². The molecule has 0 aromatic heterocycles. The summed E-state index contributed by atoms with van der Waals surface area (Å²) in [6, 6.07) is 4.44. The molecule has 4 N–H and O–H groups in total. The topological polar surface area (TPSA) is 157 Å². The Hall–Kier alpha value is -3.63. The first-order valence-electron chi connectivity index (χ1n) is 11.9. The van der Waals surface area contributed by atoms with Crippen LogP contribution in [-0.4, -0.2) is 66.0 Å². The highest BCUT2D eigenvalue weighted by atomic mass is 16.6. The molecule has 0 spiro atoms. The summed E-state index contributed by atoms with van der Waals surface area (Å²) in [5.74, 6) is -2.70. The lowest BCUT2D eigenvalue weighted by molar-refractivity contribution is -0.145. The molecule has 0 saturated heterocycles. The molecule has 0 radical (unpaired) electrons. The number of amides is 4. The van der Waals surface area contributed by atoms with Crippen LogP contribution in [0.3, 0.4) is 0 Å². The number of nitrogens with zero attached hydrogens (tertiary/aromatic N) is 1. The Kier molecular flexibility index (Phi) is 9.83. The molecule has 0 bridgehead atoms. The number of nitrogens with two attached hydrogens (primary N) is 1. The van der Waals surface area contributed by atoms with Gasteiger partial charge in [0.05, 0.1) is 13.5 Å². The summed E-state index contributed by atoms with van der Waals surface area (Å²) >= 11 is 0. The molecular formula is C25H36N4O7. The Balaban J connectivity index is 2.43. The summed E-state index contributed by atoms with van der Waals surface area (Å²) in [6.45, 7) is 6.60. The Morgan fingerprint density at radius 1 is 1.11 bits per heavy atom. The van der Waals surface area contributed by atoms with Gasteiger partial charge in [0.25, 0.3) is 0 Å². The van der Waals surface area contributed by atoms with E-state index < -0.39 is 53.9 Å². The molecule has 1 aromatic rings. The Morgan fingerprint density at radius 2 is 1.72 bits per heavy atom. The SMILES string of the molecule is CCc1ccc(C(C(=O)NCC(=O)OC)N(C(=O)C(CC(N)=O)NC(=O)OC(C)(C)C)C2CC2)cc1. The Morgan fingerprint density at radius 3 is 2.19 bits per heavy atom. The van der Waals surface area contributed by atoms with Crippen molar-refractivity contribution in [1.29, 1.82) is 0 Å². The number of carbonyl (C=O) groups is 5. The predicted molar refractivity (Wildman–Crippen MR) is 130 cm³/mol. The number of primary amides is 1. The molecule has 4 amide bonds. The number of hydrogen-bond donors (Lipinski definition) is 3. The van der Waals surface area contributed by atoms with E-state index in [4.69, 9.17) is 10.5 Å². The van der Waals surface area contributed by atoms with Gasteiger partial charge < -0.3 is 30.7 Å². The summed E-state index contributed by atoms with van der Waals surface area (Å²) in [6.07, 6.45) is 0.680. The fraction of sp³-hybridized carbons (Fsp3) is 0.560. The van der Waals surface area contributed by atoms with Gasteiger partial charge in [-0.05, 0) is 51.2 Å². The van der Waals surface area contributed by atoms with Gasteiger partial charge in [-0.15, -0.1) is 0 Å². The van der Waals surface area contributed by atoms with Crippen molar-refractivity contribution < 1.29 is 33.4 Å². The highest BCUT2D eigenvalue weighted by Crippen LogP contribution is 2.36. The van der Waals surface area contributed by atoms with E-state index in [1.807, 2.05) is 19.1 Å². The van der Waals surface area contributed by atoms with Gasteiger partial charge in [-0.2, -0.15) is 0 Å². The second-order valence-corrected chi connectivity index (χ2v) is 9.64. The van der Waals surface area contributed by atoms with E-state index in [2.05, 4.69) is 15.4 Å². The van der Waals surface area contributed by atoms with Crippen LogP contribution in [-0.2, 0) is 35.1 Å². The second kappa shape index (κ2) is 12.4. The third kappa shape index (κ3) is 8.54. The number of hydrogen-bond acceptors (Lipinski definition) is 7. The zero-order valence-electron chi connectivity index (χ0n) is 21.5. The van der Waals surface area contributed by atoms with Crippen molar-refractivity contribution in [2.24, 2.45) is 5.73 Å². The third-order valence-electron chi connectivity index (χ3n) is 5.45. The molecule has 198 valence electrons. The number of rotatable bonds is 11. The minimum absolute atomic E-state index is 0.298. The maximum absolute atomic E-state index is 13.8. The van der Waals surface area contributed by atoms with Crippen LogP contribution in [0, 0.1) is 0 Å². The van der Waals surface area contributed by atoms with Gasteiger partial charge in [0, 0.05) is 6.04 Å². The molecule has 0 aliphatic heterocycles. The molecule has 0 heterocycles. The van der Waals surface area contributed by atoms with Crippen molar-refractivity contribution >= 4 is 29.8 Å². The normalized spacial score (nSPS) is 14.7. The molecule has 2 atom stereocenters. The van der Waals surface area contributed by atoms with Crippen molar-refractivity contribution in [3.8, 4) is 0 Å². The number of ether oxygens (including phenoxy) is 2. The quantitative estimate of drug-likeness (QED) is 0.384. The van der Waals surface area contributed by atoms with E-state index in [1.165, 1.54) is 12.0 Å². The van der Waals surface area contributed by atoms with Gasteiger partial charge in [-0.25, -0.2) is 4.79 Å². The summed E-state index contributed by atoms with van der Waals surface area (Å²) in [4.78, 5) is 64.3. The number of benzene rings is 1. The molecule has 1 fully saturated rings. The fourth-order valence-corrected chi connectivity index (χ4v) is 3.60. The predicted octanol–water partition coefficient (Wildman–Crippen LogP) is 1.34. The van der Waals surface area contributed by atoms with E-state index in [-0.39, 0.29) is 12.6 Å². The van der Waals surface area contributed by atoms with E-state index in [9.17, 15) is 24.0 Å². The standard InChI is InChI=1S/C25H36N4O7/c1-6-15-7-9-16(10-8-15)21(22(32)27-14-20(31)35-5)29(17-11-12-17)23(33)18(13-19(26)30)28-24(34)36-25(2,3)4/h7-10,17-18,21H,6,11-14H2,1-5H3,(H2,26,30)(H,27,32)(H,28,34). The number of esters is 1.